The Morgan fingerprint density at radius 2 is 2.12 bits per heavy atom. The van der Waals surface area contributed by atoms with Crippen LogP contribution in [0.25, 0.3) is 10.6 Å². The number of hydrogen-bond acceptors (Lipinski definition) is 2. The molecule has 0 saturated carbocycles. The van der Waals surface area contributed by atoms with Gasteiger partial charge >= 0.3 is 0 Å². The van der Waals surface area contributed by atoms with Crippen molar-refractivity contribution in [3.63, 3.8) is 0 Å². The van der Waals surface area contributed by atoms with E-state index in [4.69, 9.17) is 0 Å². The zero-order valence-corrected chi connectivity index (χ0v) is 11.0. The van der Waals surface area contributed by atoms with Crippen LogP contribution < -0.4 is 21.5 Å². The summed E-state index contributed by atoms with van der Waals surface area (Å²) in [7, 11) is 0. The topological polar surface area (TPSA) is 20.9 Å². The molecule has 17 heavy (non-hydrogen) atoms. The van der Waals surface area contributed by atoms with E-state index in [0.717, 1.165) is 12.4 Å². The molecule has 0 unspecified atom stereocenters. The Balaban J connectivity index is 0.00000144. The maximum absolute atomic E-state index is 13.5. The van der Waals surface area contributed by atoms with Gasteiger partial charge < -0.3 is 17.0 Å². The first-order valence-corrected chi connectivity index (χ1v) is 5.46. The Hall–Kier alpha value is -1.14. The van der Waals surface area contributed by atoms with E-state index in [9.17, 15) is 13.6 Å². The van der Waals surface area contributed by atoms with Gasteiger partial charge in [0, 0.05) is 6.07 Å². The van der Waals surface area contributed by atoms with E-state index in [1.54, 1.807) is 16.1 Å². The Morgan fingerprint density at radius 3 is 2.76 bits per heavy atom. The normalized spacial score (nSPS) is 9.76. The molecular formula is C11H8BrF2NOS. The van der Waals surface area contributed by atoms with Gasteiger partial charge in [-0.1, -0.05) is 11.3 Å². The quantitative estimate of drug-likeness (QED) is 0.535. The minimum Gasteiger partial charge on any atom is -1.00 e. The number of nitrogens with zero attached hydrogens (tertiary/aromatic N) is 1. The summed E-state index contributed by atoms with van der Waals surface area (Å²) in [5.41, 5.74) is 0.304. The van der Waals surface area contributed by atoms with Crippen LogP contribution in [0.1, 0.15) is 0 Å². The summed E-state index contributed by atoms with van der Waals surface area (Å²) in [5.74, 6) is -1.23. The van der Waals surface area contributed by atoms with Gasteiger partial charge in [-0.3, -0.25) is 4.79 Å². The van der Waals surface area contributed by atoms with Gasteiger partial charge in [0.05, 0.1) is 10.9 Å². The van der Waals surface area contributed by atoms with Crippen LogP contribution >= 0.6 is 11.3 Å². The van der Waals surface area contributed by atoms with Crippen molar-refractivity contribution in [3.8, 4) is 10.6 Å². The van der Waals surface area contributed by atoms with Gasteiger partial charge in [0.2, 0.25) is 6.54 Å². The lowest BCUT2D eigenvalue weighted by atomic mass is 10.2. The van der Waals surface area contributed by atoms with Gasteiger partial charge in [0.15, 0.2) is 12.5 Å². The largest absolute Gasteiger partial charge is 1.00 e. The average Bonchev–Trinajstić information content (AvgIpc) is 2.67. The third-order valence-electron chi connectivity index (χ3n) is 2.11. The van der Waals surface area contributed by atoms with Gasteiger partial charge in [-0.2, -0.15) is 4.57 Å². The van der Waals surface area contributed by atoms with Crippen LogP contribution in [0.3, 0.4) is 0 Å². The van der Waals surface area contributed by atoms with E-state index in [1.807, 2.05) is 0 Å². The molecule has 0 radical (unpaired) electrons. The smallest absolute Gasteiger partial charge is 0.272 e. The highest BCUT2D eigenvalue weighted by molar-refractivity contribution is 7.12. The molecule has 90 valence electrons. The summed E-state index contributed by atoms with van der Waals surface area (Å²) in [6.07, 6.45) is 2.43. The molecule has 0 aliphatic carbocycles. The van der Waals surface area contributed by atoms with Crippen LogP contribution in [0.5, 0.6) is 0 Å². The fourth-order valence-electron chi connectivity index (χ4n) is 1.41. The lowest BCUT2D eigenvalue weighted by molar-refractivity contribution is -0.667. The molecule has 0 N–H and O–H groups in total. The van der Waals surface area contributed by atoms with Gasteiger partial charge in [0.1, 0.15) is 11.6 Å². The van der Waals surface area contributed by atoms with Crippen molar-refractivity contribution in [3.05, 3.63) is 41.4 Å². The monoisotopic (exact) mass is 319 g/mol. The van der Waals surface area contributed by atoms with Crippen LogP contribution in [0.15, 0.2) is 29.8 Å². The molecule has 2 aromatic rings. The lowest BCUT2D eigenvalue weighted by Gasteiger charge is -1.98. The van der Waals surface area contributed by atoms with E-state index < -0.39 is 11.6 Å². The molecule has 0 saturated heterocycles. The number of aromatic nitrogens is 1. The van der Waals surface area contributed by atoms with Gasteiger partial charge in [-0.05, 0) is 12.1 Å². The fourth-order valence-corrected chi connectivity index (χ4v) is 2.31. The Labute approximate surface area is 111 Å². The molecule has 1 aromatic carbocycles. The summed E-state index contributed by atoms with van der Waals surface area (Å²) in [6, 6.07) is 3.40. The van der Waals surface area contributed by atoms with Crippen molar-refractivity contribution in [1.29, 1.82) is 0 Å². The van der Waals surface area contributed by atoms with Crippen molar-refractivity contribution >= 4 is 17.6 Å². The van der Waals surface area contributed by atoms with Crippen LogP contribution in [0.2, 0.25) is 0 Å². The Bertz CT molecular complexity index is 530. The molecule has 0 aliphatic rings. The standard InChI is InChI=1S/C11H8F2NOS.BrH/c12-8-1-2-9(10(13)7-8)11-14(3-5-15)4-6-16-11;/h1-2,4-7H,3H2;1H/q+1;/p-1. The second-order valence-corrected chi connectivity index (χ2v) is 4.05. The lowest BCUT2D eigenvalue weighted by Crippen LogP contribution is -3.00. The second-order valence-electron chi connectivity index (χ2n) is 3.15. The Morgan fingerprint density at radius 1 is 1.35 bits per heavy atom. The van der Waals surface area contributed by atoms with Crippen molar-refractivity contribution in [2.45, 2.75) is 6.54 Å². The number of carbonyl (C=O) groups is 1. The van der Waals surface area contributed by atoms with E-state index in [2.05, 4.69) is 0 Å². The summed E-state index contributed by atoms with van der Waals surface area (Å²) in [6.45, 7) is 0.162. The van der Waals surface area contributed by atoms with Crippen molar-refractivity contribution in [1.82, 2.24) is 0 Å². The third-order valence-corrected chi connectivity index (χ3v) is 3.05. The summed E-state index contributed by atoms with van der Waals surface area (Å²) >= 11 is 1.30. The number of halogens is 3. The van der Waals surface area contributed by atoms with Crippen molar-refractivity contribution in [2.24, 2.45) is 0 Å². The predicted octanol–water partition coefficient (Wildman–Crippen LogP) is -0.816. The van der Waals surface area contributed by atoms with Crippen LogP contribution in [-0.4, -0.2) is 6.29 Å². The molecule has 0 amide bonds. The maximum atomic E-state index is 13.5. The number of aldehydes is 1. The van der Waals surface area contributed by atoms with E-state index in [1.165, 1.54) is 23.5 Å². The van der Waals surface area contributed by atoms with E-state index in [0.29, 0.717) is 10.6 Å². The SMILES string of the molecule is O=CC[n+]1ccsc1-c1ccc(F)cc1F.[Br-]. The molecule has 0 spiro atoms. The molecule has 1 aromatic heterocycles. The first-order chi connectivity index (χ1) is 7.72. The number of rotatable bonds is 3. The molecule has 0 aliphatic heterocycles. The zero-order valence-electron chi connectivity index (χ0n) is 8.57. The molecule has 1 heterocycles. The molecular weight excluding hydrogens is 312 g/mol. The van der Waals surface area contributed by atoms with Crippen LogP contribution in [0, 0.1) is 11.6 Å². The van der Waals surface area contributed by atoms with Gasteiger partial charge in [-0.25, -0.2) is 8.78 Å². The third kappa shape index (κ3) is 2.95. The highest BCUT2D eigenvalue weighted by Gasteiger charge is 2.18. The van der Waals surface area contributed by atoms with Gasteiger partial charge in [-0.15, -0.1) is 0 Å². The first kappa shape index (κ1) is 13.9. The van der Waals surface area contributed by atoms with Crippen molar-refractivity contribution in [2.75, 3.05) is 0 Å². The molecule has 6 heteroatoms. The molecule has 0 fully saturated rings. The number of carbonyl (C=O) groups excluding carboxylic acids is 1. The zero-order chi connectivity index (χ0) is 11.5. The number of thiazole rings is 1. The molecule has 0 bridgehead atoms. The molecule has 0 atom stereocenters. The van der Waals surface area contributed by atoms with E-state index >= 15 is 0 Å². The number of hydrogen-bond donors (Lipinski definition) is 0. The highest BCUT2D eigenvalue weighted by atomic mass is 79.9. The second kappa shape index (κ2) is 5.97. The van der Waals surface area contributed by atoms with Crippen molar-refractivity contribution < 1.29 is 35.1 Å². The minimum atomic E-state index is -0.623. The fraction of sp³-hybridized carbons (Fsp3) is 0.0909. The highest BCUT2D eigenvalue weighted by Crippen LogP contribution is 2.23. The summed E-state index contributed by atoms with van der Waals surface area (Å²) in [4.78, 5) is 10.4. The molecule has 2 rings (SSSR count). The first-order valence-electron chi connectivity index (χ1n) is 4.58. The van der Waals surface area contributed by atoms with Crippen LogP contribution in [-0.2, 0) is 11.3 Å². The van der Waals surface area contributed by atoms with E-state index in [-0.39, 0.29) is 23.5 Å². The summed E-state index contributed by atoms with van der Waals surface area (Å²) in [5, 5.41) is 2.35. The maximum Gasteiger partial charge on any atom is 0.272 e. The predicted molar refractivity (Wildman–Crippen MR) is 55.9 cm³/mol. The summed E-state index contributed by atoms with van der Waals surface area (Å²) < 4.78 is 27.9. The minimum absolute atomic E-state index is 0. The average molecular weight is 320 g/mol. The molecule has 2 nitrogen and oxygen atoms in total. The Kier molecular flexibility index (Phi) is 4.89. The van der Waals surface area contributed by atoms with Crippen LogP contribution in [0.4, 0.5) is 8.78 Å². The number of benzene rings is 1. The van der Waals surface area contributed by atoms with Gasteiger partial charge in [0.25, 0.3) is 5.01 Å².